The molecule has 2 aromatic rings. The zero-order valence-electron chi connectivity index (χ0n) is 7.34. The molecule has 0 unspecified atom stereocenters. The van der Waals surface area contributed by atoms with Crippen LogP contribution in [0.2, 0.25) is 5.02 Å². The average molecular weight is 211 g/mol. The van der Waals surface area contributed by atoms with Gasteiger partial charge in [0, 0.05) is 0 Å². The molecule has 0 aliphatic heterocycles. The Bertz CT molecular complexity index is 519. The lowest BCUT2D eigenvalue weighted by Crippen LogP contribution is -1.97. The van der Waals surface area contributed by atoms with Crippen molar-refractivity contribution in [3.05, 3.63) is 28.4 Å². The number of aromatic carboxylic acids is 1. The lowest BCUT2D eigenvalue weighted by molar-refractivity contribution is 0.0692. The van der Waals surface area contributed by atoms with Gasteiger partial charge in [0.1, 0.15) is 0 Å². The number of aryl methyl sites for hydroxylation is 1. The van der Waals surface area contributed by atoms with Gasteiger partial charge in [-0.3, -0.25) is 5.10 Å². The second-order valence-electron chi connectivity index (χ2n) is 3.00. The third kappa shape index (κ3) is 1.15. The molecule has 0 spiro atoms. The van der Waals surface area contributed by atoms with Crippen LogP contribution in [0.3, 0.4) is 0 Å². The number of rotatable bonds is 1. The molecule has 0 saturated heterocycles. The molecule has 0 radical (unpaired) electrons. The van der Waals surface area contributed by atoms with Crippen LogP contribution in [0.4, 0.5) is 0 Å². The van der Waals surface area contributed by atoms with E-state index in [1.165, 1.54) is 0 Å². The SMILES string of the molecule is Cc1ccc2[nH]nc(C(=O)O)c2c1Cl. The summed E-state index contributed by atoms with van der Waals surface area (Å²) in [5, 5.41) is 16.1. The van der Waals surface area contributed by atoms with Crippen molar-refractivity contribution >= 4 is 28.5 Å². The number of halogens is 1. The van der Waals surface area contributed by atoms with Gasteiger partial charge in [0.15, 0.2) is 5.69 Å². The van der Waals surface area contributed by atoms with Gasteiger partial charge in [-0.25, -0.2) is 4.79 Å². The second kappa shape index (κ2) is 2.99. The quantitative estimate of drug-likeness (QED) is 0.759. The van der Waals surface area contributed by atoms with Gasteiger partial charge in [-0.2, -0.15) is 5.10 Å². The number of hydrogen-bond donors (Lipinski definition) is 2. The van der Waals surface area contributed by atoms with Gasteiger partial charge in [-0.1, -0.05) is 17.7 Å². The third-order valence-corrected chi connectivity index (χ3v) is 2.55. The molecule has 0 aliphatic rings. The number of carboxylic acids is 1. The van der Waals surface area contributed by atoms with E-state index < -0.39 is 5.97 Å². The van der Waals surface area contributed by atoms with E-state index in [1.54, 1.807) is 6.07 Å². The van der Waals surface area contributed by atoms with Crippen LogP contribution < -0.4 is 0 Å². The maximum absolute atomic E-state index is 10.8. The summed E-state index contributed by atoms with van der Waals surface area (Å²) in [5.74, 6) is -1.08. The number of fused-ring (bicyclic) bond motifs is 1. The van der Waals surface area contributed by atoms with Crippen molar-refractivity contribution in [1.29, 1.82) is 0 Å². The first-order valence-electron chi connectivity index (χ1n) is 3.97. The third-order valence-electron chi connectivity index (χ3n) is 2.06. The van der Waals surface area contributed by atoms with Gasteiger partial charge >= 0.3 is 5.97 Å². The van der Waals surface area contributed by atoms with Crippen LogP contribution in [0.25, 0.3) is 10.9 Å². The number of carboxylic acid groups (broad SMARTS) is 1. The predicted octanol–water partition coefficient (Wildman–Crippen LogP) is 2.22. The van der Waals surface area contributed by atoms with Gasteiger partial charge < -0.3 is 5.11 Å². The van der Waals surface area contributed by atoms with Crippen molar-refractivity contribution in [3.8, 4) is 0 Å². The Labute approximate surface area is 84.5 Å². The van der Waals surface area contributed by atoms with Crippen LogP contribution in [0.1, 0.15) is 16.1 Å². The van der Waals surface area contributed by atoms with E-state index >= 15 is 0 Å². The molecule has 0 bridgehead atoms. The minimum absolute atomic E-state index is 0.0336. The van der Waals surface area contributed by atoms with Gasteiger partial charge in [0.2, 0.25) is 0 Å². The van der Waals surface area contributed by atoms with Crippen LogP contribution in [0.5, 0.6) is 0 Å². The Balaban J connectivity index is 2.89. The highest BCUT2D eigenvalue weighted by Crippen LogP contribution is 2.28. The van der Waals surface area contributed by atoms with Crippen molar-refractivity contribution in [3.63, 3.8) is 0 Å². The highest BCUT2D eigenvalue weighted by atomic mass is 35.5. The van der Waals surface area contributed by atoms with Crippen molar-refractivity contribution in [2.24, 2.45) is 0 Å². The van der Waals surface area contributed by atoms with Crippen LogP contribution in [0, 0.1) is 6.92 Å². The Kier molecular flexibility index (Phi) is 1.93. The van der Waals surface area contributed by atoms with E-state index in [0.717, 1.165) is 5.56 Å². The van der Waals surface area contributed by atoms with Gasteiger partial charge in [0.25, 0.3) is 0 Å². The molecule has 1 heterocycles. The normalized spacial score (nSPS) is 10.7. The van der Waals surface area contributed by atoms with Gasteiger partial charge in [-0.05, 0) is 18.6 Å². The molecule has 0 amide bonds. The smallest absolute Gasteiger partial charge is 0.357 e. The molecule has 0 aliphatic carbocycles. The molecular weight excluding hydrogens is 204 g/mol. The molecular formula is C9H7ClN2O2. The van der Waals surface area contributed by atoms with Crippen LogP contribution in [-0.4, -0.2) is 21.3 Å². The maximum Gasteiger partial charge on any atom is 0.357 e. The maximum atomic E-state index is 10.8. The van der Waals surface area contributed by atoms with E-state index in [1.807, 2.05) is 13.0 Å². The second-order valence-corrected chi connectivity index (χ2v) is 3.37. The van der Waals surface area contributed by atoms with Crippen LogP contribution >= 0.6 is 11.6 Å². The minimum Gasteiger partial charge on any atom is -0.476 e. The Morgan fingerprint density at radius 3 is 2.93 bits per heavy atom. The number of nitrogens with one attached hydrogen (secondary N) is 1. The first-order chi connectivity index (χ1) is 6.61. The van der Waals surface area contributed by atoms with E-state index in [0.29, 0.717) is 15.9 Å². The number of H-pyrrole nitrogens is 1. The van der Waals surface area contributed by atoms with Gasteiger partial charge in [0.05, 0.1) is 15.9 Å². The van der Waals surface area contributed by atoms with Gasteiger partial charge in [-0.15, -0.1) is 0 Å². The number of hydrogen-bond acceptors (Lipinski definition) is 2. The fourth-order valence-electron chi connectivity index (χ4n) is 1.33. The van der Waals surface area contributed by atoms with Crippen LogP contribution in [0.15, 0.2) is 12.1 Å². The molecule has 72 valence electrons. The Morgan fingerprint density at radius 2 is 2.29 bits per heavy atom. The standard InChI is InChI=1S/C9H7ClN2O2/c1-4-2-3-5-6(7(4)10)8(9(13)14)12-11-5/h2-3H,1H3,(H,11,12)(H,13,14). The monoisotopic (exact) mass is 210 g/mol. The summed E-state index contributed by atoms with van der Waals surface area (Å²) in [6.45, 7) is 1.82. The average Bonchev–Trinajstić information content (AvgIpc) is 2.55. The van der Waals surface area contributed by atoms with Crippen molar-refractivity contribution in [1.82, 2.24) is 10.2 Å². The van der Waals surface area contributed by atoms with E-state index in [4.69, 9.17) is 16.7 Å². The summed E-state index contributed by atoms with van der Waals surface area (Å²) in [5.41, 5.74) is 1.44. The Morgan fingerprint density at radius 1 is 1.57 bits per heavy atom. The lowest BCUT2D eigenvalue weighted by atomic mass is 10.1. The van der Waals surface area contributed by atoms with Crippen molar-refractivity contribution in [2.45, 2.75) is 6.92 Å². The molecule has 0 saturated carbocycles. The number of nitrogens with zero attached hydrogens (tertiary/aromatic N) is 1. The highest BCUT2D eigenvalue weighted by Gasteiger charge is 2.16. The summed E-state index contributed by atoms with van der Waals surface area (Å²) in [6, 6.07) is 3.57. The van der Waals surface area contributed by atoms with Crippen molar-refractivity contribution < 1.29 is 9.90 Å². The molecule has 1 aromatic carbocycles. The van der Waals surface area contributed by atoms with E-state index in [2.05, 4.69) is 10.2 Å². The molecule has 0 fully saturated rings. The van der Waals surface area contributed by atoms with E-state index in [-0.39, 0.29) is 5.69 Å². The molecule has 2 rings (SSSR count). The number of benzene rings is 1. The molecule has 5 heteroatoms. The zero-order valence-corrected chi connectivity index (χ0v) is 8.09. The highest BCUT2D eigenvalue weighted by molar-refractivity contribution is 6.37. The fourth-order valence-corrected chi connectivity index (χ4v) is 1.59. The first kappa shape index (κ1) is 9.02. The van der Waals surface area contributed by atoms with Crippen molar-refractivity contribution in [2.75, 3.05) is 0 Å². The van der Waals surface area contributed by atoms with E-state index in [9.17, 15) is 4.79 Å². The summed E-state index contributed by atoms with van der Waals surface area (Å²) in [6.07, 6.45) is 0. The molecule has 14 heavy (non-hydrogen) atoms. The molecule has 4 nitrogen and oxygen atoms in total. The molecule has 2 N–H and O–H groups in total. The Hall–Kier alpha value is -1.55. The molecule has 1 aromatic heterocycles. The summed E-state index contributed by atoms with van der Waals surface area (Å²) < 4.78 is 0. The number of aromatic amines is 1. The number of aromatic nitrogens is 2. The summed E-state index contributed by atoms with van der Waals surface area (Å²) in [7, 11) is 0. The molecule has 0 atom stereocenters. The first-order valence-corrected chi connectivity index (χ1v) is 4.35. The summed E-state index contributed by atoms with van der Waals surface area (Å²) >= 11 is 5.99. The van der Waals surface area contributed by atoms with Crippen LogP contribution in [-0.2, 0) is 0 Å². The summed E-state index contributed by atoms with van der Waals surface area (Å²) in [4.78, 5) is 10.8. The lowest BCUT2D eigenvalue weighted by Gasteiger charge is -1.98. The predicted molar refractivity (Wildman–Crippen MR) is 52.8 cm³/mol. The topological polar surface area (TPSA) is 66.0 Å². The minimum atomic E-state index is -1.08. The zero-order chi connectivity index (χ0) is 10.3. The largest absolute Gasteiger partial charge is 0.476 e. The number of carbonyl (C=O) groups is 1. The fraction of sp³-hybridized carbons (Fsp3) is 0.111.